The molecule has 5 nitrogen and oxygen atoms in total. The van der Waals surface area contributed by atoms with Crippen LogP contribution in [0.4, 0.5) is 13.2 Å². The lowest BCUT2D eigenvalue weighted by Gasteiger charge is -2.14. The van der Waals surface area contributed by atoms with Crippen molar-refractivity contribution in [3.63, 3.8) is 0 Å². The van der Waals surface area contributed by atoms with Crippen molar-refractivity contribution in [1.82, 2.24) is 4.98 Å². The summed E-state index contributed by atoms with van der Waals surface area (Å²) in [4.78, 5) is 14.2. The van der Waals surface area contributed by atoms with Gasteiger partial charge in [-0.1, -0.05) is 0 Å². The van der Waals surface area contributed by atoms with Crippen molar-refractivity contribution >= 4 is 28.6 Å². The molecule has 1 rings (SSSR count). The Kier molecular flexibility index (Phi) is 4.59. The molecule has 0 saturated carbocycles. The van der Waals surface area contributed by atoms with Crippen LogP contribution in [0.2, 0.25) is 0 Å². The maximum atomic E-state index is 12.1. The molecule has 0 saturated heterocycles. The highest BCUT2D eigenvalue weighted by Crippen LogP contribution is 2.33. The van der Waals surface area contributed by atoms with Gasteiger partial charge >= 0.3 is 12.3 Å². The monoisotopic (exact) mass is 377 g/mol. The number of ether oxygens (including phenoxy) is 2. The molecular formula is C9H7F3INO4. The van der Waals surface area contributed by atoms with E-state index in [9.17, 15) is 18.0 Å². The third-order valence-electron chi connectivity index (χ3n) is 1.80. The molecule has 0 bridgehead atoms. The minimum atomic E-state index is -4.91. The van der Waals surface area contributed by atoms with Crippen LogP contribution < -0.4 is 9.47 Å². The molecule has 0 aliphatic carbocycles. The molecule has 0 fully saturated rings. The molecule has 0 unspecified atom stereocenters. The first-order valence-corrected chi connectivity index (χ1v) is 5.51. The van der Waals surface area contributed by atoms with Gasteiger partial charge in [-0.25, -0.2) is 4.98 Å². The van der Waals surface area contributed by atoms with Crippen LogP contribution in [0.1, 0.15) is 5.56 Å². The fourth-order valence-corrected chi connectivity index (χ4v) is 1.98. The van der Waals surface area contributed by atoms with Crippen molar-refractivity contribution in [2.24, 2.45) is 0 Å². The Bertz CT molecular complexity index is 464. The molecule has 0 spiro atoms. The molecule has 9 heteroatoms. The van der Waals surface area contributed by atoms with E-state index in [1.165, 1.54) is 7.11 Å². The highest BCUT2D eigenvalue weighted by Gasteiger charge is 2.33. The van der Waals surface area contributed by atoms with Crippen LogP contribution in [-0.4, -0.2) is 29.5 Å². The number of pyridine rings is 1. The summed E-state index contributed by atoms with van der Waals surface area (Å²) in [6, 6.07) is 0. The van der Waals surface area contributed by atoms with Gasteiger partial charge in [0.1, 0.15) is 0 Å². The molecule has 100 valence electrons. The van der Waals surface area contributed by atoms with Crippen molar-refractivity contribution in [2.45, 2.75) is 12.8 Å². The molecule has 0 radical (unpaired) electrons. The standard InChI is InChI=1S/C9H7F3INO4/c1-17-8-7(13)4(2-6(15)16)5(3-14-8)18-9(10,11)12/h3H,2H2,1H3,(H,15,16). The minimum Gasteiger partial charge on any atom is -0.481 e. The predicted octanol–water partition coefficient (Wildman–Crippen LogP) is 2.22. The first-order valence-electron chi connectivity index (χ1n) is 4.43. The van der Waals surface area contributed by atoms with Gasteiger partial charge in [-0.05, 0) is 22.6 Å². The molecule has 18 heavy (non-hydrogen) atoms. The van der Waals surface area contributed by atoms with E-state index in [-0.39, 0.29) is 15.0 Å². The number of hydrogen-bond donors (Lipinski definition) is 1. The predicted molar refractivity (Wildman–Crippen MR) is 61.5 cm³/mol. The highest BCUT2D eigenvalue weighted by atomic mass is 127. The first kappa shape index (κ1) is 14.8. The second-order valence-corrected chi connectivity index (χ2v) is 4.12. The van der Waals surface area contributed by atoms with E-state index in [2.05, 4.69) is 9.72 Å². The zero-order valence-corrected chi connectivity index (χ0v) is 11.1. The summed E-state index contributed by atoms with van der Waals surface area (Å²) in [5, 5.41) is 8.68. The van der Waals surface area contributed by atoms with Crippen LogP contribution in [0.3, 0.4) is 0 Å². The SMILES string of the molecule is COc1ncc(OC(F)(F)F)c(CC(=O)O)c1I. The summed E-state index contributed by atoms with van der Waals surface area (Å²) in [5.41, 5.74) is -0.132. The molecule has 1 heterocycles. The van der Waals surface area contributed by atoms with Gasteiger partial charge in [0, 0.05) is 5.56 Å². The lowest BCUT2D eigenvalue weighted by atomic mass is 10.2. The number of carbonyl (C=O) groups is 1. The maximum absolute atomic E-state index is 12.1. The minimum absolute atomic E-state index is 0.0429. The van der Waals surface area contributed by atoms with E-state index in [1.54, 1.807) is 22.6 Å². The molecule has 0 aliphatic rings. The zero-order chi connectivity index (χ0) is 13.9. The number of alkyl halides is 3. The number of carboxylic acids is 1. The zero-order valence-electron chi connectivity index (χ0n) is 8.92. The number of hydrogen-bond acceptors (Lipinski definition) is 4. The van der Waals surface area contributed by atoms with E-state index in [1.807, 2.05) is 0 Å². The van der Waals surface area contributed by atoms with E-state index < -0.39 is 24.5 Å². The summed E-state index contributed by atoms with van der Waals surface area (Å²) >= 11 is 1.65. The molecular weight excluding hydrogens is 370 g/mol. The average molecular weight is 377 g/mol. The normalized spacial score (nSPS) is 11.2. The van der Waals surface area contributed by atoms with Gasteiger partial charge in [-0.15, -0.1) is 13.2 Å². The largest absolute Gasteiger partial charge is 0.573 e. The maximum Gasteiger partial charge on any atom is 0.573 e. The lowest BCUT2D eigenvalue weighted by Crippen LogP contribution is -2.19. The Morgan fingerprint density at radius 1 is 1.56 bits per heavy atom. The van der Waals surface area contributed by atoms with Crippen molar-refractivity contribution in [2.75, 3.05) is 7.11 Å². The van der Waals surface area contributed by atoms with Crippen molar-refractivity contribution in [3.05, 3.63) is 15.3 Å². The van der Waals surface area contributed by atoms with Crippen molar-refractivity contribution < 1.29 is 32.5 Å². The topological polar surface area (TPSA) is 68.7 Å². The van der Waals surface area contributed by atoms with E-state index in [0.29, 0.717) is 0 Å². The van der Waals surface area contributed by atoms with Gasteiger partial charge in [-0.3, -0.25) is 4.79 Å². The third-order valence-corrected chi connectivity index (χ3v) is 2.91. The quantitative estimate of drug-likeness (QED) is 0.816. The summed E-state index contributed by atoms with van der Waals surface area (Å²) < 4.78 is 45.1. The smallest absolute Gasteiger partial charge is 0.481 e. The van der Waals surface area contributed by atoms with E-state index in [0.717, 1.165) is 6.20 Å². The first-order chi connectivity index (χ1) is 8.24. The fourth-order valence-electron chi connectivity index (χ4n) is 1.16. The van der Waals surface area contributed by atoms with E-state index >= 15 is 0 Å². The molecule has 0 atom stereocenters. The van der Waals surface area contributed by atoms with Gasteiger partial charge in [0.15, 0.2) is 5.75 Å². The molecule has 1 aromatic rings. The lowest BCUT2D eigenvalue weighted by molar-refractivity contribution is -0.275. The number of rotatable bonds is 4. The molecule has 0 aliphatic heterocycles. The summed E-state index contributed by atoms with van der Waals surface area (Å²) in [5.74, 6) is -1.88. The number of aromatic nitrogens is 1. The van der Waals surface area contributed by atoms with Crippen LogP contribution in [0.25, 0.3) is 0 Å². The van der Waals surface area contributed by atoms with Gasteiger partial charge in [0.05, 0.1) is 23.3 Å². The number of carboxylic acid groups (broad SMARTS) is 1. The Hall–Kier alpha value is -1.26. The van der Waals surface area contributed by atoms with Crippen LogP contribution in [0.5, 0.6) is 11.6 Å². The Balaban J connectivity index is 3.24. The number of nitrogens with zero attached hydrogens (tertiary/aromatic N) is 1. The summed E-state index contributed by atoms with van der Waals surface area (Å²) in [6.45, 7) is 0. The number of aliphatic carboxylic acids is 1. The summed E-state index contributed by atoms with van der Waals surface area (Å²) in [6.07, 6.45) is -4.75. The fraction of sp³-hybridized carbons (Fsp3) is 0.333. The number of halogens is 4. The van der Waals surface area contributed by atoms with Gasteiger partial charge < -0.3 is 14.6 Å². The average Bonchev–Trinajstić information content (AvgIpc) is 2.21. The second kappa shape index (κ2) is 5.59. The van der Waals surface area contributed by atoms with Crippen LogP contribution in [0, 0.1) is 3.57 Å². The highest BCUT2D eigenvalue weighted by molar-refractivity contribution is 14.1. The second-order valence-electron chi connectivity index (χ2n) is 3.04. The Morgan fingerprint density at radius 3 is 2.61 bits per heavy atom. The van der Waals surface area contributed by atoms with Gasteiger partial charge in [0.25, 0.3) is 0 Å². The molecule has 1 aromatic heterocycles. The van der Waals surface area contributed by atoms with Crippen LogP contribution >= 0.6 is 22.6 Å². The molecule has 0 amide bonds. The Labute approximate surface area is 113 Å². The van der Waals surface area contributed by atoms with E-state index in [4.69, 9.17) is 9.84 Å². The van der Waals surface area contributed by atoms with Crippen LogP contribution in [0.15, 0.2) is 6.20 Å². The summed E-state index contributed by atoms with van der Waals surface area (Å²) in [7, 11) is 1.28. The van der Waals surface area contributed by atoms with Crippen LogP contribution in [-0.2, 0) is 11.2 Å². The third kappa shape index (κ3) is 3.89. The molecule has 1 N–H and O–H groups in total. The molecule has 0 aromatic carbocycles. The number of methoxy groups -OCH3 is 1. The van der Waals surface area contributed by atoms with Gasteiger partial charge in [-0.2, -0.15) is 0 Å². The Morgan fingerprint density at radius 2 is 2.17 bits per heavy atom. The van der Waals surface area contributed by atoms with Crippen molar-refractivity contribution in [1.29, 1.82) is 0 Å². The van der Waals surface area contributed by atoms with Gasteiger partial charge in [0.2, 0.25) is 5.88 Å². The van der Waals surface area contributed by atoms with Crippen molar-refractivity contribution in [3.8, 4) is 11.6 Å².